The fourth-order valence-electron chi connectivity index (χ4n) is 4.54. The Morgan fingerprint density at radius 1 is 0.667 bits per heavy atom. The normalized spacial score (nSPS) is 15.9. The van der Waals surface area contributed by atoms with Gasteiger partial charge >= 0.3 is 0 Å². The second-order valence-corrected chi connectivity index (χ2v) is 10.2. The zero-order chi connectivity index (χ0) is 24.2. The van der Waals surface area contributed by atoms with E-state index < -0.39 is 9.84 Å². The molecule has 1 aliphatic rings. The Morgan fingerprint density at radius 2 is 1.00 bits per heavy atom. The standard InChI is InChI=1S/C27H37N3O2S/c1-7-28(8-2)26-24(22-17-13-11-14-18-22)33(31,32)25(23-19-15-12-16-20-23)27(29(9-3)10-4)30(26)21(5)6/h11-21H,7-10H2,1-6H3. The molecule has 3 rings (SSSR count). The van der Waals surface area contributed by atoms with Crippen LogP contribution >= 0.6 is 0 Å². The van der Waals surface area contributed by atoms with Crippen LogP contribution in [-0.4, -0.2) is 55.3 Å². The quantitative estimate of drug-likeness (QED) is 0.490. The molecule has 0 saturated heterocycles. The predicted octanol–water partition coefficient (Wildman–Crippen LogP) is 5.46. The van der Waals surface area contributed by atoms with Gasteiger partial charge in [0.2, 0.25) is 9.84 Å². The summed E-state index contributed by atoms with van der Waals surface area (Å²) in [4.78, 5) is 7.35. The van der Waals surface area contributed by atoms with Crippen LogP contribution in [0.5, 0.6) is 0 Å². The highest BCUT2D eigenvalue weighted by Gasteiger charge is 2.44. The first-order chi connectivity index (χ1) is 15.8. The van der Waals surface area contributed by atoms with E-state index in [9.17, 15) is 8.42 Å². The molecule has 33 heavy (non-hydrogen) atoms. The van der Waals surface area contributed by atoms with Crippen molar-refractivity contribution in [1.29, 1.82) is 0 Å². The molecule has 6 heteroatoms. The maximum absolute atomic E-state index is 14.6. The van der Waals surface area contributed by atoms with Crippen molar-refractivity contribution in [2.75, 3.05) is 26.2 Å². The molecule has 0 fully saturated rings. The Morgan fingerprint density at radius 3 is 1.27 bits per heavy atom. The van der Waals surface area contributed by atoms with Crippen molar-refractivity contribution in [3.05, 3.63) is 83.4 Å². The van der Waals surface area contributed by atoms with Crippen LogP contribution in [-0.2, 0) is 9.84 Å². The number of hydrogen-bond donors (Lipinski definition) is 0. The van der Waals surface area contributed by atoms with Crippen LogP contribution in [0.3, 0.4) is 0 Å². The lowest BCUT2D eigenvalue weighted by Gasteiger charge is -2.46. The topological polar surface area (TPSA) is 43.9 Å². The zero-order valence-corrected chi connectivity index (χ0v) is 21.6. The van der Waals surface area contributed by atoms with E-state index >= 15 is 0 Å². The summed E-state index contributed by atoms with van der Waals surface area (Å²) < 4.78 is 29.2. The van der Waals surface area contributed by atoms with Gasteiger partial charge in [-0.05, 0) is 52.7 Å². The summed E-state index contributed by atoms with van der Waals surface area (Å²) in [5.41, 5.74) is 1.44. The molecule has 0 radical (unpaired) electrons. The molecule has 5 nitrogen and oxygen atoms in total. The molecule has 0 aromatic heterocycles. The van der Waals surface area contributed by atoms with Crippen molar-refractivity contribution in [3.63, 3.8) is 0 Å². The molecule has 0 bridgehead atoms. The Kier molecular flexibility index (Phi) is 7.90. The molecule has 0 amide bonds. The monoisotopic (exact) mass is 467 g/mol. The molecule has 0 spiro atoms. The van der Waals surface area contributed by atoms with Crippen molar-refractivity contribution in [2.45, 2.75) is 47.6 Å². The van der Waals surface area contributed by atoms with Gasteiger partial charge < -0.3 is 14.7 Å². The third-order valence-corrected chi connectivity index (χ3v) is 8.03. The number of hydrogen-bond acceptors (Lipinski definition) is 5. The Bertz CT molecular complexity index is 1020. The first-order valence-electron chi connectivity index (χ1n) is 12.0. The molecular formula is C27H37N3O2S. The van der Waals surface area contributed by atoms with E-state index in [-0.39, 0.29) is 6.04 Å². The first kappa shape index (κ1) is 24.9. The van der Waals surface area contributed by atoms with Crippen molar-refractivity contribution in [1.82, 2.24) is 14.7 Å². The third-order valence-electron chi connectivity index (χ3n) is 6.11. The van der Waals surface area contributed by atoms with Gasteiger partial charge in [0.1, 0.15) is 21.5 Å². The molecule has 1 aliphatic heterocycles. The van der Waals surface area contributed by atoms with E-state index in [1.807, 2.05) is 60.7 Å². The van der Waals surface area contributed by atoms with Crippen LogP contribution in [0.1, 0.15) is 52.7 Å². The highest BCUT2D eigenvalue weighted by Crippen LogP contribution is 2.46. The van der Waals surface area contributed by atoms with Crippen LogP contribution in [0.15, 0.2) is 72.3 Å². The van der Waals surface area contributed by atoms with Crippen LogP contribution in [0.25, 0.3) is 9.81 Å². The van der Waals surface area contributed by atoms with Gasteiger partial charge in [-0.3, -0.25) is 0 Å². The average molecular weight is 468 g/mol. The van der Waals surface area contributed by atoms with E-state index in [2.05, 4.69) is 56.2 Å². The van der Waals surface area contributed by atoms with E-state index in [1.54, 1.807) is 0 Å². The molecule has 178 valence electrons. The van der Waals surface area contributed by atoms with Crippen molar-refractivity contribution in [2.24, 2.45) is 0 Å². The Labute approximate surface area is 199 Å². The molecule has 0 N–H and O–H groups in total. The molecule has 0 atom stereocenters. The van der Waals surface area contributed by atoms with Gasteiger partial charge in [-0.2, -0.15) is 0 Å². The van der Waals surface area contributed by atoms with Crippen LogP contribution in [0.4, 0.5) is 0 Å². The van der Waals surface area contributed by atoms with Crippen LogP contribution < -0.4 is 0 Å². The highest BCUT2D eigenvalue weighted by molar-refractivity contribution is 8.09. The van der Waals surface area contributed by atoms with Crippen molar-refractivity contribution >= 4 is 19.6 Å². The first-order valence-corrected chi connectivity index (χ1v) is 13.4. The van der Waals surface area contributed by atoms with Gasteiger partial charge in [0, 0.05) is 32.2 Å². The number of rotatable bonds is 9. The highest BCUT2D eigenvalue weighted by atomic mass is 32.2. The van der Waals surface area contributed by atoms with Crippen molar-refractivity contribution in [3.8, 4) is 0 Å². The minimum atomic E-state index is -3.83. The summed E-state index contributed by atoms with van der Waals surface area (Å²) >= 11 is 0. The fraction of sp³-hybridized carbons (Fsp3) is 0.407. The summed E-state index contributed by atoms with van der Waals surface area (Å²) in [7, 11) is -3.83. The largest absolute Gasteiger partial charge is 0.357 e. The van der Waals surface area contributed by atoms with Crippen LogP contribution in [0, 0.1) is 0 Å². The summed E-state index contributed by atoms with van der Waals surface area (Å²) in [6, 6.07) is 19.1. The van der Waals surface area contributed by atoms with E-state index in [0.29, 0.717) is 36.0 Å². The number of nitrogens with zero attached hydrogens (tertiary/aromatic N) is 3. The Balaban J connectivity index is 2.53. The third kappa shape index (κ3) is 4.54. The lowest BCUT2D eigenvalue weighted by molar-refractivity contribution is 0.171. The lowest BCUT2D eigenvalue weighted by Crippen LogP contribution is -2.48. The minimum Gasteiger partial charge on any atom is -0.357 e. The zero-order valence-electron chi connectivity index (χ0n) is 20.7. The van der Waals surface area contributed by atoms with E-state index in [4.69, 9.17) is 0 Å². The van der Waals surface area contributed by atoms with Gasteiger partial charge in [0.05, 0.1) is 0 Å². The molecule has 0 aliphatic carbocycles. The molecule has 2 aromatic rings. The lowest BCUT2D eigenvalue weighted by atomic mass is 10.1. The molecule has 2 aromatic carbocycles. The fourth-order valence-corrected chi connectivity index (χ4v) is 6.57. The van der Waals surface area contributed by atoms with Crippen LogP contribution in [0.2, 0.25) is 0 Å². The maximum atomic E-state index is 14.6. The van der Waals surface area contributed by atoms with Crippen molar-refractivity contribution < 1.29 is 8.42 Å². The molecule has 1 heterocycles. The summed E-state index contributed by atoms with van der Waals surface area (Å²) in [5.74, 6) is 1.53. The van der Waals surface area contributed by atoms with Gasteiger partial charge in [-0.15, -0.1) is 0 Å². The number of sulfone groups is 1. The summed E-state index contributed by atoms with van der Waals surface area (Å²) in [5, 5.41) is 0. The summed E-state index contributed by atoms with van der Waals surface area (Å²) in [6.45, 7) is 15.5. The van der Waals surface area contributed by atoms with E-state index in [0.717, 1.165) is 22.8 Å². The molecule has 0 unspecified atom stereocenters. The number of benzene rings is 2. The second kappa shape index (κ2) is 10.5. The van der Waals surface area contributed by atoms with Gasteiger partial charge in [-0.1, -0.05) is 60.7 Å². The Hall–Kier alpha value is -2.73. The molecule has 0 saturated carbocycles. The van der Waals surface area contributed by atoms with Gasteiger partial charge in [0.15, 0.2) is 0 Å². The SMILES string of the molecule is CCN(CC)C1=C(c2ccccc2)S(=O)(=O)C(c2ccccc2)=C(N(CC)CC)N1C(C)C. The predicted molar refractivity (Wildman–Crippen MR) is 138 cm³/mol. The smallest absolute Gasteiger partial charge is 0.214 e. The minimum absolute atomic E-state index is 0.0594. The second-order valence-electron chi connectivity index (χ2n) is 8.35. The average Bonchev–Trinajstić information content (AvgIpc) is 2.81. The van der Waals surface area contributed by atoms with Gasteiger partial charge in [0.25, 0.3) is 0 Å². The molecular weight excluding hydrogens is 430 g/mol. The maximum Gasteiger partial charge on any atom is 0.214 e. The van der Waals surface area contributed by atoms with Gasteiger partial charge in [-0.25, -0.2) is 8.42 Å². The van der Waals surface area contributed by atoms with E-state index in [1.165, 1.54) is 0 Å². The summed E-state index contributed by atoms with van der Waals surface area (Å²) in [6.07, 6.45) is 0.